The average Bonchev–Trinajstić information content (AvgIpc) is 2.55. The lowest BCUT2D eigenvalue weighted by Crippen LogP contribution is -2.48. The summed E-state index contributed by atoms with van der Waals surface area (Å²) >= 11 is 1.47. The lowest BCUT2D eigenvalue weighted by atomic mass is 10.0. The van der Waals surface area contributed by atoms with Crippen molar-refractivity contribution in [3.8, 4) is 5.75 Å². The Kier molecular flexibility index (Phi) is 6.08. The molecule has 0 unspecified atom stereocenters. The zero-order valence-electron chi connectivity index (χ0n) is 13.8. The minimum absolute atomic E-state index is 0.0219. The number of nitrogens with one attached hydrogen (secondary N) is 1. The fourth-order valence-electron chi connectivity index (χ4n) is 2.46. The lowest BCUT2D eigenvalue weighted by molar-refractivity contribution is -0.308. The molecule has 2 rings (SSSR count). The predicted molar refractivity (Wildman–Crippen MR) is 92.5 cm³/mol. The van der Waals surface area contributed by atoms with Gasteiger partial charge in [-0.05, 0) is 43.0 Å². The van der Waals surface area contributed by atoms with Crippen LogP contribution in [0.3, 0.4) is 0 Å². The van der Waals surface area contributed by atoms with E-state index in [0.717, 1.165) is 0 Å². The summed E-state index contributed by atoms with van der Waals surface area (Å²) in [5.41, 5.74) is 0.343. The van der Waals surface area contributed by atoms with E-state index in [2.05, 4.69) is 5.32 Å². The lowest BCUT2D eigenvalue weighted by Gasteiger charge is -2.19. The molecule has 25 heavy (non-hydrogen) atoms. The van der Waals surface area contributed by atoms with E-state index in [-0.39, 0.29) is 24.2 Å². The minimum Gasteiger partial charge on any atom is -0.548 e. The molecule has 0 spiro atoms. The zero-order chi connectivity index (χ0) is 18.6. The van der Waals surface area contributed by atoms with Gasteiger partial charge >= 0.3 is 5.63 Å². The maximum Gasteiger partial charge on any atom is 0.336 e. The Hall–Kier alpha value is -2.48. The van der Waals surface area contributed by atoms with Crippen LogP contribution in [0.2, 0.25) is 0 Å². The van der Waals surface area contributed by atoms with Crippen molar-refractivity contribution < 1.29 is 24.2 Å². The number of carbonyl (C=O) groups excluding carboxylic acids is 2. The average molecular weight is 364 g/mol. The molecule has 0 bridgehead atoms. The van der Waals surface area contributed by atoms with Crippen LogP contribution >= 0.6 is 11.8 Å². The molecule has 7 nitrogen and oxygen atoms in total. The first kappa shape index (κ1) is 18.9. The number of thioether (sulfide) groups is 1. The van der Waals surface area contributed by atoms with E-state index in [0.29, 0.717) is 22.3 Å². The monoisotopic (exact) mass is 364 g/mol. The number of carboxylic acids is 1. The van der Waals surface area contributed by atoms with Crippen LogP contribution in [0.4, 0.5) is 0 Å². The number of amides is 1. The van der Waals surface area contributed by atoms with Crippen LogP contribution < -0.4 is 16.0 Å². The summed E-state index contributed by atoms with van der Waals surface area (Å²) < 4.78 is 5.11. The summed E-state index contributed by atoms with van der Waals surface area (Å²) in [5, 5.41) is 23.8. The summed E-state index contributed by atoms with van der Waals surface area (Å²) in [5.74, 6) is -1.34. The highest BCUT2D eigenvalue weighted by Gasteiger charge is 2.17. The van der Waals surface area contributed by atoms with Gasteiger partial charge in [-0.2, -0.15) is 11.8 Å². The van der Waals surface area contributed by atoms with E-state index >= 15 is 0 Å². The number of carbonyl (C=O) groups is 2. The Morgan fingerprint density at radius 2 is 2.12 bits per heavy atom. The molecule has 1 aromatic carbocycles. The first-order chi connectivity index (χ1) is 11.8. The third kappa shape index (κ3) is 4.54. The van der Waals surface area contributed by atoms with Crippen LogP contribution in [0.25, 0.3) is 11.0 Å². The summed E-state index contributed by atoms with van der Waals surface area (Å²) in [6.07, 6.45) is 1.90. The molecule has 2 aromatic rings. The third-order valence-electron chi connectivity index (χ3n) is 3.80. The molecule has 1 heterocycles. The Labute approximate surface area is 148 Å². The number of phenols is 1. The van der Waals surface area contributed by atoms with Gasteiger partial charge < -0.3 is 24.7 Å². The number of aromatic hydroxyl groups is 1. The molecule has 0 aliphatic carbocycles. The molecule has 0 saturated heterocycles. The Balaban J connectivity index is 2.27. The number of phenolic OH excluding ortho intramolecular Hbond substituents is 1. The highest BCUT2D eigenvalue weighted by Crippen LogP contribution is 2.27. The van der Waals surface area contributed by atoms with Gasteiger partial charge in [-0.1, -0.05) is 0 Å². The van der Waals surface area contributed by atoms with Crippen molar-refractivity contribution in [1.82, 2.24) is 5.32 Å². The van der Waals surface area contributed by atoms with Gasteiger partial charge in [0.05, 0.1) is 18.4 Å². The summed E-state index contributed by atoms with van der Waals surface area (Å²) in [6, 6.07) is 3.10. The second-order valence-electron chi connectivity index (χ2n) is 5.57. The molecule has 8 heteroatoms. The number of benzene rings is 1. The third-order valence-corrected chi connectivity index (χ3v) is 4.44. The van der Waals surface area contributed by atoms with Gasteiger partial charge in [-0.15, -0.1) is 0 Å². The van der Waals surface area contributed by atoms with Gasteiger partial charge in [-0.25, -0.2) is 4.79 Å². The quantitative estimate of drug-likeness (QED) is 0.680. The van der Waals surface area contributed by atoms with E-state index in [4.69, 9.17) is 4.42 Å². The molecular formula is C17H18NO6S-. The Bertz CT molecular complexity index is 860. The standard InChI is InChI=1S/C17H19NO6S/c1-9-13(19)4-3-11-10(8-15(21)24-16(9)11)7-14(20)18-12(17(22)23)5-6-25-2/h3-4,8,12,19H,5-7H2,1-2H3,(H,18,20)(H,22,23)/p-1/t12-/m0/s1. The SMILES string of the molecule is CSCC[C@H](NC(=O)Cc1cc(=O)oc2c(C)c(O)ccc12)C(=O)[O-]. The van der Waals surface area contributed by atoms with Crippen LogP contribution in [0.1, 0.15) is 17.5 Å². The fraction of sp³-hybridized carbons (Fsp3) is 0.353. The maximum absolute atomic E-state index is 12.2. The van der Waals surface area contributed by atoms with Crippen molar-refractivity contribution in [2.24, 2.45) is 0 Å². The predicted octanol–water partition coefficient (Wildman–Crippen LogP) is 0.337. The largest absolute Gasteiger partial charge is 0.548 e. The normalized spacial score (nSPS) is 12.1. The zero-order valence-corrected chi connectivity index (χ0v) is 14.6. The number of hydrogen-bond donors (Lipinski definition) is 2. The molecular weight excluding hydrogens is 346 g/mol. The second kappa shape index (κ2) is 8.06. The van der Waals surface area contributed by atoms with Gasteiger partial charge in [-0.3, -0.25) is 4.79 Å². The van der Waals surface area contributed by atoms with E-state index in [1.807, 2.05) is 6.26 Å². The number of rotatable bonds is 7. The maximum atomic E-state index is 12.2. The van der Waals surface area contributed by atoms with Crippen LogP contribution in [0.15, 0.2) is 27.4 Å². The molecule has 1 atom stereocenters. The number of fused-ring (bicyclic) bond motifs is 1. The Morgan fingerprint density at radius 3 is 2.76 bits per heavy atom. The van der Waals surface area contributed by atoms with Gasteiger partial charge in [0.15, 0.2) is 0 Å². The number of aryl methyl sites for hydroxylation is 1. The van der Waals surface area contributed by atoms with Crippen LogP contribution in [-0.2, 0) is 16.0 Å². The van der Waals surface area contributed by atoms with Gasteiger partial charge in [0.2, 0.25) is 5.91 Å². The van der Waals surface area contributed by atoms with Gasteiger partial charge in [0, 0.05) is 17.0 Å². The molecule has 1 amide bonds. The van der Waals surface area contributed by atoms with Crippen molar-refractivity contribution >= 4 is 34.6 Å². The first-order valence-electron chi connectivity index (χ1n) is 7.58. The number of carboxylic acid groups (broad SMARTS) is 1. The van der Waals surface area contributed by atoms with E-state index < -0.39 is 23.5 Å². The molecule has 134 valence electrons. The first-order valence-corrected chi connectivity index (χ1v) is 8.97. The Morgan fingerprint density at radius 1 is 1.40 bits per heavy atom. The van der Waals surface area contributed by atoms with Crippen LogP contribution in [0.5, 0.6) is 5.75 Å². The summed E-state index contributed by atoms with van der Waals surface area (Å²) in [6.45, 7) is 1.60. The van der Waals surface area contributed by atoms with Crippen molar-refractivity contribution in [2.45, 2.75) is 25.8 Å². The molecule has 1 aromatic heterocycles. The van der Waals surface area contributed by atoms with Crippen molar-refractivity contribution in [3.05, 3.63) is 39.7 Å². The highest BCUT2D eigenvalue weighted by molar-refractivity contribution is 7.98. The molecule has 0 aliphatic heterocycles. The van der Waals surface area contributed by atoms with E-state index in [1.54, 1.807) is 13.0 Å². The molecule has 0 saturated carbocycles. The molecule has 0 fully saturated rings. The molecule has 0 aliphatic rings. The topological polar surface area (TPSA) is 120 Å². The minimum atomic E-state index is -1.35. The molecule has 0 radical (unpaired) electrons. The smallest absolute Gasteiger partial charge is 0.336 e. The van der Waals surface area contributed by atoms with Crippen molar-refractivity contribution in [1.29, 1.82) is 0 Å². The summed E-state index contributed by atoms with van der Waals surface area (Å²) in [4.78, 5) is 35.1. The van der Waals surface area contributed by atoms with Crippen LogP contribution in [0, 0.1) is 6.92 Å². The highest BCUT2D eigenvalue weighted by atomic mass is 32.2. The second-order valence-corrected chi connectivity index (χ2v) is 6.56. The van der Waals surface area contributed by atoms with E-state index in [1.165, 1.54) is 23.9 Å². The summed E-state index contributed by atoms with van der Waals surface area (Å²) in [7, 11) is 0. The van der Waals surface area contributed by atoms with Gasteiger partial charge in [0.1, 0.15) is 11.3 Å². The van der Waals surface area contributed by atoms with Crippen molar-refractivity contribution in [2.75, 3.05) is 12.0 Å². The van der Waals surface area contributed by atoms with Gasteiger partial charge in [0.25, 0.3) is 0 Å². The van der Waals surface area contributed by atoms with Crippen LogP contribution in [-0.4, -0.2) is 35.0 Å². The number of hydrogen-bond acceptors (Lipinski definition) is 7. The number of aliphatic carboxylic acids is 1. The van der Waals surface area contributed by atoms with Crippen molar-refractivity contribution in [3.63, 3.8) is 0 Å². The fourth-order valence-corrected chi connectivity index (χ4v) is 2.94. The van der Waals surface area contributed by atoms with E-state index in [9.17, 15) is 24.6 Å². The molecule has 2 N–H and O–H groups in total.